The Morgan fingerprint density at radius 2 is 1.95 bits per heavy atom. The molecule has 3 aromatic rings. The standard InChI is InChI=1S/C18H20N2S/c1-13-5-4-6-14(9-13)10-15(12-19)11-18-20-16-7-2-3-8-17(16)21-18/h2-9,15H,10-12,19H2,1H3. The maximum absolute atomic E-state index is 5.98. The zero-order valence-corrected chi connectivity index (χ0v) is 13.1. The number of nitrogens with zero attached hydrogens (tertiary/aromatic N) is 1. The molecule has 0 saturated carbocycles. The fourth-order valence-corrected chi connectivity index (χ4v) is 3.75. The van der Waals surface area contributed by atoms with E-state index in [0.717, 1.165) is 18.4 Å². The Balaban J connectivity index is 1.74. The Morgan fingerprint density at radius 1 is 1.10 bits per heavy atom. The van der Waals surface area contributed by atoms with Crippen LogP contribution in [-0.4, -0.2) is 11.5 Å². The lowest BCUT2D eigenvalue weighted by molar-refractivity contribution is 0.532. The van der Waals surface area contributed by atoms with Gasteiger partial charge in [-0.3, -0.25) is 0 Å². The Morgan fingerprint density at radius 3 is 2.71 bits per heavy atom. The first-order chi connectivity index (χ1) is 10.2. The van der Waals surface area contributed by atoms with Crippen LogP contribution in [0, 0.1) is 12.8 Å². The van der Waals surface area contributed by atoms with Crippen molar-refractivity contribution in [3.63, 3.8) is 0 Å². The first-order valence-corrected chi connectivity index (χ1v) is 8.16. The number of hydrogen-bond acceptors (Lipinski definition) is 3. The van der Waals surface area contributed by atoms with Crippen LogP contribution in [0.2, 0.25) is 0 Å². The minimum Gasteiger partial charge on any atom is -0.330 e. The highest BCUT2D eigenvalue weighted by Gasteiger charge is 2.12. The Labute approximate surface area is 129 Å². The fraction of sp³-hybridized carbons (Fsp3) is 0.278. The van der Waals surface area contributed by atoms with Crippen LogP contribution < -0.4 is 5.73 Å². The molecule has 3 heteroatoms. The molecule has 0 aliphatic rings. The molecule has 2 aromatic carbocycles. The highest BCUT2D eigenvalue weighted by molar-refractivity contribution is 7.18. The van der Waals surface area contributed by atoms with Crippen molar-refractivity contribution in [2.24, 2.45) is 11.7 Å². The second kappa shape index (κ2) is 6.37. The van der Waals surface area contributed by atoms with Crippen LogP contribution >= 0.6 is 11.3 Å². The van der Waals surface area contributed by atoms with E-state index in [9.17, 15) is 0 Å². The smallest absolute Gasteiger partial charge is 0.0941 e. The van der Waals surface area contributed by atoms with Crippen molar-refractivity contribution in [3.05, 3.63) is 64.7 Å². The molecule has 1 aromatic heterocycles. The second-order valence-corrected chi connectivity index (χ2v) is 6.69. The van der Waals surface area contributed by atoms with Crippen LogP contribution in [0.25, 0.3) is 10.2 Å². The largest absolute Gasteiger partial charge is 0.330 e. The number of rotatable bonds is 5. The summed E-state index contributed by atoms with van der Waals surface area (Å²) in [6.45, 7) is 2.83. The minimum atomic E-state index is 0.451. The molecule has 0 saturated heterocycles. The predicted molar refractivity (Wildman–Crippen MR) is 90.8 cm³/mol. The molecule has 0 aliphatic carbocycles. The number of nitrogens with two attached hydrogens (primary N) is 1. The van der Waals surface area contributed by atoms with Gasteiger partial charge in [-0.1, -0.05) is 42.0 Å². The summed E-state index contributed by atoms with van der Waals surface area (Å²) in [5.74, 6) is 0.451. The van der Waals surface area contributed by atoms with Crippen LogP contribution in [-0.2, 0) is 12.8 Å². The van der Waals surface area contributed by atoms with E-state index < -0.39 is 0 Å². The summed E-state index contributed by atoms with van der Waals surface area (Å²) in [7, 11) is 0. The molecule has 2 N–H and O–H groups in total. The summed E-state index contributed by atoms with van der Waals surface area (Å²) in [5.41, 5.74) is 9.75. The highest BCUT2D eigenvalue weighted by Crippen LogP contribution is 2.24. The van der Waals surface area contributed by atoms with Gasteiger partial charge in [-0.15, -0.1) is 11.3 Å². The Hall–Kier alpha value is -1.71. The molecular weight excluding hydrogens is 276 g/mol. The van der Waals surface area contributed by atoms with Crippen molar-refractivity contribution < 1.29 is 0 Å². The summed E-state index contributed by atoms with van der Waals surface area (Å²) in [6, 6.07) is 17.0. The number of benzene rings is 2. The summed E-state index contributed by atoms with van der Waals surface area (Å²) in [6.07, 6.45) is 1.98. The van der Waals surface area contributed by atoms with Crippen LogP contribution in [0.1, 0.15) is 16.1 Å². The van der Waals surface area contributed by atoms with Crippen molar-refractivity contribution >= 4 is 21.6 Å². The third-order valence-corrected chi connectivity index (χ3v) is 4.80. The van der Waals surface area contributed by atoms with Crippen LogP contribution in [0.3, 0.4) is 0 Å². The quantitative estimate of drug-likeness (QED) is 0.774. The summed E-state index contributed by atoms with van der Waals surface area (Å²) < 4.78 is 1.26. The van der Waals surface area contributed by atoms with Crippen molar-refractivity contribution in [1.29, 1.82) is 0 Å². The first kappa shape index (κ1) is 14.2. The molecule has 1 heterocycles. The van der Waals surface area contributed by atoms with E-state index in [1.54, 1.807) is 11.3 Å². The molecule has 1 unspecified atom stereocenters. The topological polar surface area (TPSA) is 38.9 Å². The van der Waals surface area contributed by atoms with E-state index in [1.807, 2.05) is 6.07 Å². The van der Waals surface area contributed by atoms with Crippen molar-refractivity contribution in [2.75, 3.05) is 6.54 Å². The number of fused-ring (bicyclic) bond motifs is 1. The molecule has 0 bridgehead atoms. The highest BCUT2D eigenvalue weighted by atomic mass is 32.1. The van der Waals surface area contributed by atoms with Crippen LogP contribution in [0.5, 0.6) is 0 Å². The van der Waals surface area contributed by atoms with Gasteiger partial charge in [-0.25, -0.2) is 4.98 Å². The summed E-state index contributed by atoms with van der Waals surface area (Å²) in [4.78, 5) is 4.72. The average Bonchev–Trinajstić information content (AvgIpc) is 2.89. The van der Waals surface area contributed by atoms with Gasteiger partial charge in [0.25, 0.3) is 0 Å². The third-order valence-electron chi connectivity index (χ3n) is 3.74. The minimum absolute atomic E-state index is 0.451. The van der Waals surface area contributed by atoms with E-state index in [-0.39, 0.29) is 0 Å². The second-order valence-electron chi connectivity index (χ2n) is 5.57. The van der Waals surface area contributed by atoms with E-state index in [0.29, 0.717) is 12.5 Å². The molecule has 21 heavy (non-hydrogen) atoms. The molecule has 0 amide bonds. The van der Waals surface area contributed by atoms with Crippen molar-refractivity contribution in [2.45, 2.75) is 19.8 Å². The lowest BCUT2D eigenvalue weighted by Crippen LogP contribution is -2.19. The number of para-hydroxylation sites is 1. The van der Waals surface area contributed by atoms with Gasteiger partial charge in [-0.05, 0) is 43.5 Å². The van der Waals surface area contributed by atoms with Gasteiger partial charge in [0, 0.05) is 6.42 Å². The molecule has 0 aliphatic heterocycles. The van der Waals surface area contributed by atoms with Gasteiger partial charge < -0.3 is 5.73 Å². The molecule has 1 atom stereocenters. The molecule has 3 rings (SSSR count). The zero-order valence-electron chi connectivity index (χ0n) is 12.3. The average molecular weight is 296 g/mol. The number of hydrogen-bond donors (Lipinski definition) is 1. The van der Waals surface area contributed by atoms with E-state index in [1.165, 1.54) is 20.8 Å². The molecule has 0 spiro atoms. The van der Waals surface area contributed by atoms with Gasteiger partial charge in [0.15, 0.2) is 0 Å². The Bertz CT molecular complexity index is 700. The maximum Gasteiger partial charge on any atom is 0.0941 e. The van der Waals surface area contributed by atoms with Gasteiger partial charge in [0.05, 0.1) is 15.2 Å². The fourth-order valence-electron chi connectivity index (χ4n) is 2.67. The summed E-state index contributed by atoms with van der Waals surface area (Å²) >= 11 is 1.79. The lowest BCUT2D eigenvalue weighted by atomic mass is 9.96. The van der Waals surface area contributed by atoms with E-state index in [2.05, 4.69) is 49.4 Å². The Kier molecular flexibility index (Phi) is 4.32. The van der Waals surface area contributed by atoms with Gasteiger partial charge in [0.1, 0.15) is 0 Å². The SMILES string of the molecule is Cc1cccc(CC(CN)Cc2nc3ccccc3s2)c1. The van der Waals surface area contributed by atoms with Gasteiger partial charge >= 0.3 is 0 Å². The van der Waals surface area contributed by atoms with Crippen LogP contribution in [0.4, 0.5) is 0 Å². The third kappa shape index (κ3) is 3.49. The summed E-state index contributed by atoms with van der Waals surface area (Å²) in [5, 5.41) is 1.19. The first-order valence-electron chi connectivity index (χ1n) is 7.34. The zero-order chi connectivity index (χ0) is 14.7. The van der Waals surface area contributed by atoms with Crippen molar-refractivity contribution in [3.8, 4) is 0 Å². The molecule has 0 fully saturated rings. The maximum atomic E-state index is 5.98. The molecule has 0 radical (unpaired) electrons. The normalized spacial score (nSPS) is 12.7. The van der Waals surface area contributed by atoms with Gasteiger partial charge in [0.2, 0.25) is 0 Å². The van der Waals surface area contributed by atoms with E-state index in [4.69, 9.17) is 10.7 Å². The monoisotopic (exact) mass is 296 g/mol. The number of thiazole rings is 1. The van der Waals surface area contributed by atoms with Crippen molar-refractivity contribution in [1.82, 2.24) is 4.98 Å². The number of aryl methyl sites for hydroxylation is 1. The number of aromatic nitrogens is 1. The van der Waals surface area contributed by atoms with Crippen LogP contribution in [0.15, 0.2) is 48.5 Å². The van der Waals surface area contributed by atoms with Gasteiger partial charge in [-0.2, -0.15) is 0 Å². The van der Waals surface area contributed by atoms with E-state index >= 15 is 0 Å². The lowest BCUT2D eigenvalue weighted by Gasteiger charge is -2.13. The molecule has 108 valence electrons. The molecular formula is C18H20N2S. The molecule has 2 nitrogen and oxygen atoms in total. The predicted octanol–water partition coefficient (Wildman–Crippen LogP) is 3.96.